The Morgan fingerprint density at radius 3 is 1.00 bits per heavy atom. The zero-order chi connectivity index (χ0) is 44.4. The van der Waals surface area contributed by atoms with E-state index in [9.17, 15) is 14.4 Å². The van der Waals surface area contributed by atoms with Gasteiger partial charge in [-0.25, -0.2) is 0 Å². The summed E-state index contributed by atoms with van der Waals surface area (Å²) in [4.78, 5) is 37.8. The van der Waals surface area contributed by atoms with Crippen LogP contribution in [-0.2, 0) is 28.6 Å². The first-order valence-corrected chi connectivity index (χ1v) is 25.1. The molecule has 1 unspecified atom stereocenters. The third-order valence-corrected chi connectivity index (χ3v) is 10.4. The van der Waals surface area contributed by atoms with E-state index < -0.39 is 6.10 Å². The van der Waals surface area contributed by atoms with Crippen molar-refractivity contribution in [2.75, 3.05) is 13.2 Å². The summed E-state index contributed by atoms with van der Waals surface area (Å²) in [6.07, 6.45) is 62.9. The average molecular weight is 849 g/mol. The van der Waals surface area contributed by atoms with Crippen LogP contribution in [0.1, 0.15) is 226 Å². The average Bonchev–Trinajstić information content (AvgIpc) is 3.26. The maximum absolute atomic E-state index is 12.7. The van der Waals surface area contributed by atoms with Gasteiger partial charge in [-0.3, -0.25) is 14.4 Å². The molecule has 0 heterocycles. The second-order valence-corrected chi connectivity index (χ2v) is 16.4. The molecule has 0 saturated carbocycles. The normalized spacial score (nSPS) is 12.8. The van der Waals surface area contributed by atoms with Gasteiger partial charge >= 0.3 is 17.9 Å². The molecule has 0 spiro atoms. The maximum Gasteiger partial charge on any atom is 0.306 e. The fraction of sp³-hybridized carbons (Fsp3) is 0.691. The Morgan fingerprint density at radius 1 is 0.344 bits per heavy atom. The van der Waals surface area contributed by atoms with Crippen LogP contribution in [0.15, 0.2) is 85.1 Å². The molecule has 0 radical (unpaired) electrons. The Bertz CT molecular complexity index is 1200. The van der Waals surface area contributed by atoms with E-state index in [1.165, 1.54) is 89.9 Å². The van der Waals surface area contributed by atoms with Gasteiger partial charge in [0.1, 0.15) is 13.2 Å². The van der Waals surface area contributed by atoms with Crippen molar-refractivity contribution in [2.24, 2.45) is 0 Å². The van der Waals surface area contributed by atoms with Gasteiger partial charge in [-0.2, -0.15) is 0 Å². The van der Waals surface area contributed by atoms with Crippen molar-refractivity contribution < 1.29 is 28.6 Å². The standard InChI is InChI=1S/C55H92O6/c1-4-7-10-13-16-19-22-23-24-25-26-27-28-29-30-31-32-33-34-37-39-42-45-48-54(57)60-51-52(61-55(58)49-46-43-40-36-21-18-15-12-9-6-3)50-59-53(56)47-44-41-38-35-20-17-14-11-8-5-2/h7,10,16,19,23-24,26-27,29-30,32-33,37,39,52H,4-6,8-9,11-15,17-18,20-22,25,28,31,34-36,38,40-51H2,1-3H3/b10-7-,19-16-,24-23-,27-26-,30-29-,33-32-,39-37-. The molecule has 0 rings (SSSR count). The highest BCUT2D eigenvalue weighted by Crippen LogP contribution is 2.14. The van der Waals surface area contributed by atoms with Crippen LogP contribution in [-0.4, -0.2) is 37.2 Å². The Kier molecular flexibility index (Phi) is 46.5. The van der Waals surface area contributed by atoms with Crippen LogP contribution in [0.2, 0.25) is 0 Å². The number of esters is 3. The lowest BCUT2D eigenvalue weighted by Gasteiger charge is -2.18. The molecule has 0 aliphatic carbocycles. The van der Waals surface area contributed by atoms with E-state index in [4.69, 9.17) is 14.2 Å². The molecule has 0 bridgehead atoms. The third kappa shape index (κ3) is 47.5. The van der Waals surface area contributed by atoms with Crippen molar-refractivity contribution in [2.45, 2.75) is 232 Å². The molecule has 6 heteroatoms. The fourth-order valence-corrected chi connectivity index (χ4v) is 6.67. The number of carbonyl (C=O) groups excluding carboxylic acids is 3. The van der Waals surface area contributed by atoms with Crippen molar-refractivity contribution in [3.63, 3.8) is 0 Å². The molecule has 6 nitrogen and oxygen atoms in total. The molecule has 61 heavy (non-hydrogen) atoms. The summed E-state index contributed by atoms with van der Waals surface area (Å²) in [5, 5.41) is 0. The van der Waals surface area contributed by atoms with Crippen LogP contribution in [0.4, 0.5) is 0 Å². The highest BCUT2D eigenvalue weighted by molar-refractivity contribution is 5.71. The summed E-state index contributed by atoms with van der Waals surface area (Å²) >= 11 is 0. The van der Waals surface area contributed by atoms with Crippen LogP contribution in [0.3, 0.4) is 0 Å². The minimum atomic E-state index is -0.794. The molecule has 0 saturated heterocycles. The van der Waals surface area contributed by atoms with E-state index in [-0.39, 0.29) is 37.5 Å². The lowest BCUT2D eigenvalue weighted by molar-refractivity contribution is -0.167. The number of carbonyl (C=O) groups is 3. The number of ether oxygens (including phenoxy) is 3. The number of unbranched alkanes of at least 4 members (excludes halogenated alkanes) is 19. The Balaban J connectivity index is 4.38. The molecule has 0 N–H and O–H groups in total. The number of allylic oxidation sites excluding steroid dienone is 14. The highest BCUT2D eigenvalue weighted by Gasteiger charge is 2.19. The van der Waals surface area contributed by atoms with Gasteiger partial charge in [0.05, 0.1) is 0 Å². The Hall–Kier alpha value is -3.41. The number of rotatable bonds is 44. The van der Waals surface area contributed by atoms with Gasteiger partial charge in [0.15, 0.2) is 6.10 Å². The summed E-state index contributed by atoms with van der Waals surface area (Å²) in [7, 11) is 0. The van der Waals surface area contributed by atoms with Crippen molar-refractivity contribution in [1.29, 1.82) is 0 Å². The van der Waals surface area contributed by atoms with Crippen LogP contribution >= 0.6 is 0 Å². The Labute approximate surface area is 375 Å². The summed E-state index contributed by atoms with van der Waals surface area (Å²) in [5.74, 6) is -0.960. The lowest BCUT2D eigenvalue weighted by atomic mass is 10.1. The monoisotopic (exact) mass is 849 g/mol. The lowest BCUT2D eigenvalue weighted by Crippen LogP contribution is -2.30. The van der Waals surface area contributed by atoms with Crippen molar-refractivity contribution in [1.82, 2.24) is 0 Å². The van der Waals surface area contributed by atoms with Crippen molar-refractivity contribution >= 4 is 17.9 Å². The second-order valence-electron chi connectivity index (χ2n) is 16.4. The Morgan fingerprint density at radius 2 is 0.639 bits per heavy atom. The van der Waals surface area contributed by atoms with Gasteiger partial charge in [0.2, 0.25) is 0 Å². The topological polar surface area (TPSA) is 78.9 Å². The van der Waals surface area contributed by atoms with Crippen LogP contribution < -0.4 is 0 Å². The molecule has 0 aliphatic rings. The molecular formula is C55H92O6. The first kappa shape index (κ1) is 57.6. The first-order valence-electron chi connectivity index (χ1n) is 25.1. The summed E-state index contributed by atoms with van der Waals surface area (Å²) < 4.78 is 16.7. The van der Waals surface area contributed by atoms with Gasteiger partial charge < -0.3 is 14.2 Å². The number of hydrogen-bond donors (Lipinski definition) is 0. The largest absolute Gasteiger partial charge is 0.462 e. The van der Waals surface area contributed by atoms with E-state index in [2.05, 4.69) is 106 Å². The van der Waals surface area contributed by atoms with Gasteiger partial charge in [-0.05, 0) is 70.6 Å². The van der Waals surface area contributed by atoms with E-state index in [0.29, 0.717) is 19.3 Å². The maximum atomic E-state index is 12.7. The first-order chi connectivity index (χ1) is 30.0. The van der Waals surface area contributed by atoms with Gasteiger partial charge in [0, 0.05) is 19.3 Å². The number of hydrogen-bond acceptors (Lipinski definition) is 6. The van der Waals surface area contributed by atoms with E-state index in [0.717, 1.165) is 89.9 Å². The van der Waals surface area contributed by atoms with Gasteiger partial charge in [0.25, 0.3) is 0 Å². The smallest absolute Gasteiger partial charge is 0.306 e. The minimum Gasteiger partial charge on any atom is -0.462 e. The fourth-order valence-electron chi connectivity index (χ4n) is 6.67. The predicted octanol–water partition coefficient (Wildman–Crippen LogP) is 16.4. The second kappa shape index (κ2) is 49.2. The van der Waals surface area contributed by atoms with E-state index in [1.807, 2.05) is 0 Å². The van der Waals surface area contributed by atoms with Gasteiger partial charge in [-0.15, -0.1) is 0 Å². The van der Waals surface area contributed by atoms with E-state index in [1.54, 1.807) is 0 Å². The van der Waals surface area contributed by atoms with E-state index >= 15 is 0 Å². The molecule has 0 aliphatic heterocycles. The van der Waals surface area contributed by atoms with Crippen molar-refractivity contribution in [3.8, 4) is 0 Å². The quantitative estimate of drug-likeness (QED) is 0.0263. The minimum absolute atomic E-state index is 0.0923. The molecule has 0 aromatic carbocycles. The molecule has 0 aromatic heterocycles. The molecule has 348 valence electrons. The molecule has 0 amide bonds. The SMILES string of the molecule is CC/C=C\C/C=C\C/C=C\C/C=C\C/C=C\C/C=C\C/C=C\CCCC(=O)OCC(COC(=O)CCCCCCCCCCCC)OC(=O)CCCCCCCCCCCC. The van der Waals surface area contributed by atoms with Crippen LogP contribution in [0, 0.1) is 0 Å². The zero-order valence-electron chi connectivity index (χ0n) is 39.7. The summed E-state index contributed by atoms with van der Waals surface area (Å²) in [6, 6.07) is 0. The molecule has 1 atom stereocenters. The predicted molar refractivity (Wildman–Crippen MR) is 261 cm³/mol. The summed E-state index contributed by atoms with van der Waals surface area (Å²) in [6.45, 7) is 6.44. The molecule has 0 fully saturated rings. The molecular weight excluding hydrogens is 757 g/mol. The summed E-state index contributed by atoms with van der Waals surface area (Å²) in [5.41, 5.74) is 0. The third-order valence-electron chi connectivity index (χ3n) is 10.4. The zero-order valence-corrected chi connectivity index (χ0v) is 39.7. The molecule has 0 aromatic rings. The van der Waals surface area contributed by atoms with Crippen molar-refractivity contribution in [3.05, 3.63) is 85.1 Å². The highest BCUT2D eigenvalue weighted by atomic mass is 16.6. The van der Waals surface area contributed by atoms with Crippen LogP contribution in [0.25, 0.3) is 0 Å². The van der Waals surface area contributed by atoms with Crippen LogP contribution in [0.5, 0.6) is 0 Å². The van der Waals surface area contributed by atoms with Gasteiger partial charge in [-0.1, -0.05) is 221 Å².